The molecule has 0 bridgehead atoms. The van der Waals surface area contributed by atoms with E-state index in [1.807, 2.05) is 6.07 Å². The van der Waals surface area contributed by atoms with Crippen molar-refractivity contribution in [3.8, 4) is 22.8 Å². The van der Waals surface area contributed by atoms with Crippen molar-refractivity contribution in [1.82, 2.24) is 4.98 Å². The normalized spacial score (nSPS) is 12.0. The number of hydrogen-bond donors (Lipinski definition) is 1. The third-order valence-corrected chi connectivity index (χ3v) is 4.66. The number of nitrogens with zero attached hydrogens (tertiary/aromatic N) is 2. The number of nitrogens with one attached hydrogen (secondary N) is 1. The third kappa shape index (κ3) is 3.72. The van der Waals surface area contributed by atoms with Gasteiger partial charge in [-0.3, -0.25) is 14.9 Å². The summed E-state index contributed by atoms with van der Waals surface area (Å²) in [5.41, 5.74) is 1.99. The van der Waals surface area contributed by atoms with E-state index in [2.05, 4.69) is 10.3 Å². The maximum atomic E-state index is 12.3. The first-order valence-electron chi connectivity index (χ1n) is 7.97. The first-order valence-corrected chi connectivity index (χ1v) is 8.85. The van der Waals surface area contributed by atoms with Crippen molar-refractivity contribution in [3.63, 3.8) is 0 Å². The van der Waals surface area contributed by atoms with E-state index in [0.29, 0.717) is 27.9 Å². The fraction of sp³-hybridized carbons (Fsp3) is 0.111. The molecule has 2 heterocycles. The van der Waals surface area contributed by atoms with Crippen LogP contribution in [-0.2, 0) is 11.2 Å². The lowest BCUT2D eigenvalue weighted by atomic mass is 10.1. The van der Waals surface area contributed by atoms with Crippen LogP contribution in [0.25, 0.3) is 11.3 Å². The summed E-state index contributed by atoms with van der Waals surface area (Å²) < 4.78 is 10.6. The second-order valence-corrected chi connectivity index (χ2v) is 6.62. The number of nitro benzene ring substituents is 1. The van der Waals surface area contributed by atoms with Gasteiger partial charge in [0.25, 0.3) is 5.69 Å². The average Bonchev–Trinajstić information content (AvgIpc) is 3.30. The summed E-state index contributed by atoms with van der Waals surface area (Å²) in [5.74, 6) is 1.08. The average molecular weight is 383 g/mol. The highest BCUT2D eigenvalue weighted by Gasteiger charge is 2.15. The predicted molar refractivity (Wildman–Crippen MR) is 99.1 cm³/mol. The molecule has 1 N–H and O–H groups in total. The maximum Gasteiger partial charge on any atom is 0.270 e. The minimum absolute atomic E-state index is 0.00565. The fourth-order valence-corrected chi connectivity index (χ4v) is 3.38. The smallest absolute Gasteiger partial charge is 0.270 e. The van der Waals surface area contributed by atoms with Crippen LogP contribution in [0.1, 0.15) is 5.56 Å². The van der Waals surface area contributed by atoms with Gasteiger partial charge >= 0.3 is 0 Å². The molecule has 0 atom stereocenters. The van der Waals surface area contributed by atoms with Crippen molar-refractivity contribution in [2.45, 2.75) is 6.42 Å². The minimum Gasteiger partial charge on any atom is -0.454 e. The standard InChI is InChI=1S/C18H13N3O5S/c22-17(7-11-4-5-15-16(6-11)26-10-25-15)20-18-19-14(9-27-18)12-2-1-3-13(8-12)21(23)24/h1-6,8-9H,7,10H2,(H,19,20,22). The SMILES string of the molecule is O=C(Cc1ccc2c(c1)OCO2)Nc1nc(-c2cccc([N+](=O)[O-])c2)cs1. The summed E-state index contributed by atoms with van der Waals surface area (Å²) >= 11 is 1.26. The Hall–Kier alpha value is -3.46. The Bertz CT molecular complexity index is 1030. The lowest BCUT2D eigenvalue weighted by Crippen LogP contribution is -2.14. The molecule has 27 heavy (non-hydrogen) atoms. The Morgan fingerprint density at radius 1 is 1.22 bits per heavy atom. The van der Waals surface area contributed by atoms with Gasteiger partial charge in [0.1, 0.15) is 0 Å². The lowest BCUT2D eigenvalue weighted by Gasteiger charge is -2.03. The summed E-state index contributed by atoms with van der Waals surface area (Å²) in [7, 11) is 0. The Morgan fingerprint density at radius 2 is 2.07 bits per heavy atom. The van der Waals surface area contributed by atoms with E-state index < -0.39 is 4.92 Å². The zero-order valence-corrected chi connectivity index (χ0v) is 14.7. The molecule has 2 aromatic carbocycles. The molecule has 0 unspecified atom stereocenters. The van der Waals surface area contributed by atoms with Crippen LogP contribution in [0.4, 0.5) is 10.8 Å². The van der Waals surface area contributed by atoms with Gasteiger partial charge in [-0.15, -0.1) is 11.3 Å². The molecule has 8 nitrogen and oxygen atoms in total. The first kappa shape index (κ1) is 17.0. The number of non-ortho nitro benzene ring substituents is 1. The van der Waals surface area contributed by atoms with Gasteiger partial charge < -0.3 is 14.8 Å². The van der Waals surface area contributed by atoms with Crippen molar-refractivity contribution in [3.05, 3.63) is 63.5 Å². The number of nitro groups is 1. The number of amides is 1. The van der Waals surface area contributed by atoms with Crippen molar-refractivity contribution in [2.75, 3.05) is 12.1 Å². The number of carbonyl (C=O) groups is 1. The monoisotopic (exact) mass is 383 g/mol. The molecule has 0 saturated carbocycles. The van der Waals surface area contributed by atoms with Crippen LogP contribution in [0.5, 0.6) is 11.5 Å². The van der Waals surface area contributed by atoms with Crippen molar-refractivity contribution < 1.29 is 19.2 Å². The molecule has 0 aliphatic carbocycles. The van der Waals surface area contributed by atoms with Crippen molar-refractivity contribution >= 4 is 28.1 Å². The fourth-order valence-electron chi connectivity index (χ4n) is 2.64. The number of thiazole rings is 1. The Labute approximate surface area is 157 Å². The van der Waals surface area contributed by atoms with Crippen molar-refractivity contribution in [2.24, 2.45) is 0 Å². The number of carbonyl (C=O) groups excluding carboxylic acids is 1. The molecule has 0 spiro atoms. The highest BCUT2D eigenvalue weighted by atomic mass is 32.1. The molecule has 0 fully saturated rings. The Kier molecular flexibility index (Phi) is 4.43. The zero-order valence-electron chi connectivity index (χ0n) is 13.9. The molecule has 1 aliphatic rings. The minimum atomic E-state index is -0.454. The summed E-state index contributed by atoms with van der Waals surface area (Å²) in [6.45, 7) is 0.185. The van der Waals surface area contributed by atoms with Crippen LogP contribution in [0, 0.1) is 10.1 Å². The summed E-state index contributed by atoms with van der Waals surface area (Å²) in [4.78, 5) is 27.0. The largest absolute Gasteiger partial charge is 0.454 e. The number of rotatable bonds is 5. The Balaban J connectivity index is 1.44. The van der Waals surface area contributed by atoms with Crippen molar-refractivity contribution in [1.29, 1.82) is 0 Å². The van der Waals surface area contributed by atoms with Gasteiger partial charge in [0.2, 0.25) is 12.7 Å². The zero-order chi connectivity index (χ0) is 18.8. The van der Waals surface area contributed by atoms with Crippen LogP contribution in [-0.4, -0.2) is 22.6 Å². The number of hydrogen-bond acceptors (Lipinski definition) is 7. The topological polar surface area (TPSA) is 104 Å². The molecule has 136 valence electrons. The highest BCUT2D eigenvalue weighted by molar-refractivity contribution is 7.14. The first-order chi connectivity index (χ1) is 13.1. The predicted octanol–water partition coefficient (Wildman–Crippen LogP) is 3.63. The summed E-state index contributed by atoms with van der Waals surface area (Å²) in [6.07, 6.45) is 0.169. The quantitative estimate of drug-likeness (QED) is 0.533. The number of fused-ring (bicyclic) bond motifs is 1. The highest BCUT2D eigenvalue weighted by Crippen LogP contribution is 2.33. The molecule has 1 aliphatic heterocycles. The summed E-state index contributed by atoms with van der Waals surface area (Å²) in [5, 5.41) is 15.8. The number of benzene rings is 2. The summed E-state index contributed by atoms with van der Waals surface area (Å²) in [6, 6.07) is 11.6. The number of aromatic nitrogens is 1. The second-order valence-electron chi connectivity index (χ2n) is 5.76. The van der Waals surface area contributed by atoms with E-state index in [9.17, 15) is 14.9 Å². The van der Waals surface area contributed by atoms with Gasteiger partial charge in [-0.25, -0.2) is 4.98 Å². The molecule has 1 amide bonds. The van der Waals surface area contributed by atoms with E-state index in [1.54, 1.807) is 29.6 Å². The molecule has 0 saturated heterocycles. The third-order valence-electron chi connectivity index (χ3n) is 3.90. The Morgan fingerprint density at radius 3 is 2.93 bits per heavy atom. The second kappa shape index (κ2) is 7.04. The van der Waals surface area contributed by atoms with Crippen LogP contribution >= 0.6 is 11.3 Å². The molecule has 4 rings (SSSR count). The van der Waals surface area contributed by atoms with E-state index in [1.165, 1.54) is 23.5 Å². The molecular weight excluding hydrogens is 370 g/mol. The van der Waals surface area contributed by atoms with Gasteiger partial charge in [-0.2, -0.15) is 0 Å². The van der Waals surface area contributed by atoms with E-state index in [-0.39, 0.29) is 24.8 Å². The van der Waals surface area contributed by atoms with Gasteiger partial charge in [0, 0.05) is 23.1 Å². The molecule has 1 aromatic heterocycles. The number of ether oxygens (including phenoxy) is 2. The molecular formula is C18H13N3O5S. The van der Waals surface area contributed by atoms with Crippen LogP contribution in [0.2, 0.25) is 0 Å². The molecule has 9 heteroatoms. The van der Waals surface area contributed by atoms with E-state index >= 15 is 0 Å². The van der Waals surface area contributed by atoms with E-state index in [0.717, 1.165) is 5.56 Å². The van der Waals surface area contributed by atoms with Crippen LogP contribution in [0.3, 0.4) is 0 Å². The van der Waals surface area contributed by atoms with Crippen LogP contribution in [0.15, 0.2) is 47.8 Å². The molecule has 3 aromatic rings. The van der Waals surface area contributed by atoms with Crippen LogP contribution < -0.4 is 14.8 Å². The molecule has 0 radical (unpaired) electrons. The van der Waals surface area contributed by atoms with Gasteiger partial charge in [0.15, 0.2) is 16.6 Å². The van der Waals surface area contributed by atoms with Gasteiger partial charge in [0.05, 0.1) is 17.0 Å². The van der Waals surface area contributed by atoms with E-state index in [4.69, 9.17) is 9.47 Å². The number of anilines is 1. The lowest BCUT2D eigenvalue weighted by molar-refractivity contribution is -0.384. The van der Waals surface area contributed by atoms with Gasteiger partial charge in [-0.05, 0) is 17.7 Å². The maximum absolute atomic E-state index is 12.3. The van der Waals surface area contributed by atoms with Gasteiger partial charge in [-0.1, -0.05) is 18.2 Å².